The van der Waals surface area contributed by atoms with Crippen molar-refractivity contribution in [2.24, 2.45) is 7.05 Å². The summed E-state index contributed by atoms with van der Waals surface area (Å²) in [6.45, 7) is 0. The lowest BCUT2D eigenvalue weighted by Gasteiger charge is -2.05. The van der Waals surface area contributed by atoms with E-state index < -0.39 is 10.0 Å². The number of nitrogens with zero attached hydrogens (tertiary/aromatic N) is 2. The van der Waals surface area contributed by atoms with Gasteiger partial charge in [-0.15, -0.1) is 11.3 Å². The summed E-state index contributed by atoms with van der Waals surface area (Å²) in [5.41, 5.74) is 5.92. The Balaban J connectivity index is 2.31. The lowest BCUT2D eigenvalue weighted by atomic mass is 10.6. The average Bonchev–Trinajstić information content (AvgIpc) is 2.77. The van der Waals surface area contributed by atoms with Gasteiger partial charge < -0.3 is 5.73 Å². The van der Waals surface area contributed by atoms with Crippen LogP contribution >= 0.6 is 11.3 Å². The molecule has 6 nitrogen and oxygen atoms in total. The first-order valence-corrected chi connectivity index (χ1v) is 6.70. The molecule has 0 saturated carbocycles. The van der Waals surface area contributed by atoms with Crippen molar-refractivity contribution in [1.82, 2.24) is 9.78 Å². The fraction of sp³-hybridized carbons (Fsp3) is 0.125. The molecule has 0 radical (unpaired) electrons. The molecule has 0 fully saturated rings. The zero-order valence-electron chi connectivity index (χ0n) is 8.41. The molecular formula is C8H10N4O2S2. The van der Waals surface area contributed by atoms with Crippen molar-refractivity contribution >= 4 is 32.9 Å². The minimum absolute atomic E-state index is 0.186. The van der Waals surface area contributed by atoms with Crippen LogP contribution in [-0.2, 0) is 17.1 Å². The summed E-state index contributed by atoms with van der Waals surface area (Å²) in [7, 11) is -1.90. The summed E-state index contributed by atoms with van der Waals surface area (Å²) in [6, 6.07) is 3.00. The van der Waals surface area contributed by atoms with Gasteiger partial charge in [0, 0.05) is 24.2 Å². The van der Waals surface area contributed by atoms with Gasteiger partial charge >= 0.3 is 0 Å². The lowest BCUT2D eigenvalue weighted by molar-refractivity contribution is 0.602. The second kappa shape index (κ2) is 3.80. The molecule has 0 aliphatic heterocycles. The van der Waals surface area contributed by atoms with Crippen LogP contribution in [0.1, 0.15) is 0 Å². The SMILES string of the molecule is Cn1nccc1NS(=O)(=O)c1cc(N)cs1. The normalized spacial score (nSPS) is 11.6. The molecule has 0 aliphatic rings. The van der Waals surface area contributed by atoms with E-state index in [-0.39, 0.29) is 4.21 Å². The number of rotatable bonds is 3. The van der Waals surface area contributed by atoms with Gasteiger partial charge in [0.1, 0.15) is 10.0 Å². The third-order valence-corrected chi connectivity index (χ3v) is 4.73. The molecule has 0 unspecified atom stereocenters. The molecule has 0 amide bonds. The van der Waals surface area contributed by atoms with Crippen LogP contribution in [0, 0.1) is 0 Å². The lowest BCUT2D eigenvalue weighted by Crippen LogP contribution is -2.14. The van der Waals surface area contributed by atoms with E-state index in [9.17, 15) is 8.42 Å². The first-order chi connectivity index (χ1) is 7.49. The van der Waals surface area contributed by atoms with Crippen LogP contribution in [0.5, 0.6) is 0 Å². The van der Waals surface area contributed by atoms with Crippen LogP contribution in [0.3, 0.4) is 0 Å². The molecule has 2 aromatic rings. The molecule has 8 heteroatoms. The second-order valence-electron chi connectivity index (χ2n) is 3.14. The van der Waals surface area contributed by atoms with Crippen molar-refractivity contribution in [2.75, 3.05) is 10.5 Å². The number of hydrogen-bond donors (Lipinski definition) is 2. The maximum absolute atomic E-state index is 11.9. The number of nitrogens with one attached hydrogen (secondary N) is 1. The second-order valence-corrected chi connectivity index (χ2v) is 5.97. The first kappa shape index (κ1) is 11.0. The molecule has 0 saturated heterocycles. The van der Waals surface area contributed by atoms with Crippen molar-refractivity contribution < 1.29 is 8.42 Å². The number of anilines is 2. The Morgan fingerprint density at radius 3 is 2.81 bits per heavy atom. The fourth-order valence-electron chi connectivity index (χ4n) is 1.13. The monoisotopic (exact) mass is 258 g/mol. The van der Waals surface area contributed by atoms with Gasteiger partial charge in [0.15, 0.2) is 0 Å². The molecule has 0 bridgehead atoms. The topological polar surface area (TPSA) is 90.0 Å². The van der Waals surface area contributed by atoms with E-state index in [2.05, 4.69) is 9.82 Å². The van der Waals surface area contributed by atoms with Gasteiger partial charge in [0.25, 0.3) is 10.0 Å². The van der Waals surface area contributed by atoms with E-state index in [1.165, 1.54) is 16.9 Å². The summed E-state index contributed by atoms with van der Waals surface area (Å²) in [6.07, 6.45) is 1.51. The molecule has 0 aromatic carbocycles. The van der Waals surface area contributed by atoms with Crippen LogP contribution in [0.4, 0.5) is 11.5 Å². The van der Waals surface area contributed by atoms with Crippen LogP contribution in [0.25, 0.3) is 0 Å². The van der Waals surface area contributed by atoms with Crippen LogP contribution in [0.2, 0.25) is 0 Å². The average molecular weight is 258 g/mol. The Morgan fingerprint density at radius 2 is 2.31 bits per heavy atom. The Bertz CT molecular complexity index is 599. The van der Waals surface area contributed by atoms with Crippen LogP contribution < -0.4 is 10.5 Å². The number of hydrogen-bond acceptors (Lipinski definition) is 5. The van der Waals surface area contributed by atoms with Gasteiger partial charge in [0.2, 0.25) is 0 Å². The smallest absolute Gasteiger partial charge is 0.272 e. The summed E-state index contributed by atoms with van der Waals surface area (Å²) in [5, 5.41) is 5.45. The predicted octanol–water partition coefficient (Wildman–Crippen LogP) is 0.865. The number of nitrogens with two attached hydrogens (primary N) is 1. The third-order valence-electron chi connectivity index (χ3n) is 1.92. The van der Waals surface area contributed by atoms with Crippen LogP contribution in [-0.4, -0.2) is 18.2 Å². The highest BCUT2D eigenvalue weighted by atomic mass is 32.2. The van der Waals surface area contributed by atoms with Crippen molar-refractivity contribution in [1.29, 1.82) is 0 Å². The van der Waals surface area contributed by atoms with Gasteiger partial charge in [-0.05, 0) is 6.07 Å². The summed E-state index contributed by atoms with van der Waals surface area (Å²) in [5.74, 6) is 0.409. The van der Waals surface area contributed by atoms with Gasteiger partial charge in [-0.2, -0.15) is 5.10 Å². The van der Waals surface area contributed by atoms with Gasteiger partial charge in [-0.25, -0.2) is 8.42 Å². The zero-order valence-corrected chi connectivity index (χ0v) is 10.0. The molecule has 2 heterocycles. The van der Waals surface area contributed by atoms with E-state index in [1.807, 2.05) is 0 Å². The van der Waals surface area contributed by atoms with Crippen LogP contribution in [0.15, 0.2) is 27.9 Å². The molecule has 2 rings (SSSR count). The maximum Gasteiger partial charge on any atom is 0.272 e. The number of thiophene rings is 1. The highest BCUT2D eigenvalue weighted by Gasteiger charge is 2.17. The molecular weight excluding hydrogens is 248 g/mol. The maximum atomic E-state index is 11.9. The number of aryl methyl sites for hydroxylation is 1. The highest BCUT2D eigenvalue weighted by molar-refractivity contribution is 7.94. The molecule has 86 valence electrons. The number of sulfonamides is 1. The number of aromatic nitrogens is 2. The molecule has 0 atom stereocenters. The minimum Gasteiger partial charge on any atom is -0.398 e. The summed E-state index contributed by atoms with van der Waals surface area (Å²) >= 11 is 1.08. The molecule has 16 heavy (non-hydrogen) atoms. The van der Waals surface area contributed by atoms with Gasteiger partial charge in [-0.1, -0.05) is 0 Å². The molecule has 2 aromatic heterocycles. The summed E-state index contributed by atoms with van der Waals surface area (Å²) < 4.78 is 27.8. The largest absolute Gasteiger partial charge is 0.398 e. The van der Waals surface area contributed by atoms with E-state index in [1.54, 1.807) is 18.5 Å². The van der Waals surface area contributed by atoms with Gasteiger partial charge in [-0.3, -0.25) is 9.40 Å². The van der Waals surface area contributed by atoms with E-state index in [0.29, 0.717) is 11.5 Å². The standard InChI is InChI=1S/C8H10N4O2S2/c1-12-7(2-3-10-12)11-16(13,14)8-4-6(9)5-15-8/h2-5,11H,9H2,1H3. The molecule has 3 N–H and O–H groups in total. The Labute approximate surface area is 96.8 Å². The van der Waals surface area contributed by atoms with E-state index in [0.717, 1.165) is 11.3 Å². The molecule has 0 spiro atoms. The van der Waals surface area contributed by atoms with E-state index in [4.69, 9.17) is 5.73 Å². The van der Waals surface area contributed by atoms with Gasteiger partial charge in [0.05, 0.1) is 6.20 Å². The highest BCUT2D eigenvalue weighted by Crippen LogP contribution is 2.23. The Hall–Kier alpha value is -1.54. The summed E-state index contributed by atoms with van der Waals surface area (Å²) in [4.78, 5) is 0. The molecule has 0 aliphatic carbocycles. The van der Waals surface area contributed by atoms with Crippen molar-refractivity contribution in [2.45, 2.75) is 4.21 Å². The van der Waals surface area contributed by atoms with Crippen molar-refractivity contribution in [3.05, 3.63) is 23.7 Å². The predicted molar refractivity (Wildman–Crippen MR) is 62.7 cm³/mol. The minimum atomic E-state index is -3.56. The zero-order chi connectivity index (χ0) is 11.8. The Kier molecular flexibility index (Phi) is 2.60. The quantitative estimate of drug-likeness (QED) is 0.854. The first-order valence-electron chi connectivity index (χ1n) is 4.34. The third kappa shape index (κ3) is 2.02. The Morgan fingerprint density at radius 1 is 1.56 bits per heavy atom. The fourth-order valence-corrected chi connectivity index (χ4v) is 3.30. The number of nitrogen functional groups attached to an aromatic ring is 1. The van der Waals surface area contributed by atoms with E-state index >= 15 is 0 Å². The van der Waals surface area contributed by atoms with Crippen molar-refractivity contribution in [3.8, 4) is 0 Å². The van der Waals surface area contributed by atoms with Crippen molar-refractivity contribution in [3.63, 3.8) is 0 Å².